The zero-order chi connectivity index (χ0) is 14.6. The van der Waals surface area contributed by atoms with Crippen molar-refractivity contribution in [2.45, 2.75) is 13.1 Å². The van der Waals surface area contributed by atoms with Crippen LogP contribution in [0.15, 0.2) is 27.8 Å². The van der Waals surface area contributed by atoms with Crippen LogP contribution in [-0.4, -0.2) is 23.8 Å². The lowest BCUT2D eigenvalue weighted by molar-refractivity contribution is -0.162. The Morgan fingerprint density at radius 1 is 1.53 bits per heavy atom. The molecule has 0 bridgehead atoms. The summed E-state index contributed by atoms with van der Waals surface area (Å²) in [5.41, 5.74) is 5.95. The molecular weight excluding hydrogens is 329 g/mol. The smallest absolute Gasteiger partial charge is 0.402 e. The van der Waals surface area contributed by atoms with Crippen LogP contribution in [0.1, 0.15) is 5.56 Å². The van der Waals surface area contributed by atoms with E-state index in [1.807, 2.05) is 6.92 Å². The van der Waals surface area contributed by atoms with Crippen molar-refractivity contribution >= 4 is 21.8 Å². The van der Waals surface area contributed by atoms with Gasteiger partial charge < -0.3 is 15.7 Å². The molecule has 0 aliphatic rings. The molecule has 1 rings (SSSR count). The van der Waals surface area contributed by atoms with Gasteiger partial charge in [0, 0.05) is 0 Å². The Hall–Kier alpha value is -1.44. The summed E-state index contributed by atoms with van der Waals surface area (Å²) in [7, 11) is 0. The first-order valence-electron chi connectivity index (χ1n) is 5.18. The van der Waals surface area contributed by atoms with Crippen LogP contribution in [0.5, 0.6) is 5.75 Å². The lowest BCUT2D eigenvalue weighted by atomic mass is 10.1. The van der Waals surface area contributed by atoms with Crippen molar-refractivity contribution < 1.29 is 23.1 Å². The van der Waals surface area contributed by atoms with Gasteiger partial charge in [-0.05, 0) is 40.5 Å². The van der Waals surface area contributed by atoms with Crippen LogP contribution in [0.25, 0.3) is 0 Å². The first kappa shape index (κ1) is 15.6. The van der Waals surface area contributed by atoms with Crippen LogP contribution in [0, 0.1) is 12.8 Å². The molecule has 0 saturated carbocycles. The first-order chi connectivity index (χ1) is 8.75. The molecule has 19 heavy (non-hydrogen) atoms. The van der Waals surface area contributed by atoms with E-state index in [0.29, 0.717) is 4.47 Å². The van der Waals surface area contributed by atoms with Crippen LogP contribution < -0.4 is 10.5 Å². The van der Waals surface area contributed by atoms with Gasteiger partial charge in [0.2, 0.25) is 0 Å². The van der Waals surface area contributed by atoms with E-state index in [0.717, 1.165) is 5.56 Å². The third kappa shape index (κ3) is 4.30. The van der Waals surface area contributed by atoms with Crippen molar-refractivity contribution in [3.63, 3.8) is 0 Å². The van der Waals surface area contributed by atoms with Gasteiger partial charge in [0.05, 0.1) is 4.47 Å². The third-order valence-corrected chi connectivity index (χ3v) is 2.98. The number of hydrogen-bond donors (Lipinski definition) is 2. The number of benzene rings is 1. The number of ether oxygens (including phenoxy) is 1. The van der Waals surface area contributed by atoms with Crippen LogP contribution >= 0.6 is 15.9 Å². The Morgan fingerprint density at radius 3 is 2.63 bits per heavy atom. The number of hydrogen-bond acceptors (Lipinski definition) is 3. The molecule has 0 spiro atoms. The van der Waals surface area contributed by atoms with Gasteiger partial charge in [0.25, 0.3) is 0 Å². The molecule has 1 atom stereocenters. The van der Waals surface area contributed by atoms with Crippen LogP contribution in [0.2, 0.25) is 0 Å². The van der Waals surface area contributed by atoms with Crippen molar-refractivity contribution in [1.29, 1.82) is 0 Å². The zero-order valence-corrected chi connectivity index (χ0v) is 11.5. The zero-order valence-electron chi connectivity index (χ0n) is 9.91. The van der Waals surface area contributed by atoms with E-state index in [9.17, 15) is 13.2 Å². The average Bonchev–Trinajstić information content (AvgIpc) is 2.29. The summed E-state index contributed by atoms with van der Waals surface area (Å²) >= 11 is 3.18. The molecule has 1 aromatic carbocycles. The predicted molar refractivity (Wildman–Crippen MR) is 67.3 cm³/mol. The lowest BCUT2D eigenvalue weighted by Crippen LogP contribution is -2.40. The highest BCUT2D eigenvalue weighted by molar-refractivity contribution is 9.10. The van der Waals surface area contributed by atoms with Crippen molar-refractivity contribution in [3.8, 4) is 5.75 Å². The molecule has 106 valence electrons. The number of oxime groups is 1. The summed E-state index contributed by atoms with van der Waals surface area (Å²) in [6.07, 6.45) is -4.65. The largest absolute Gasteiger partial charge is 0.491 e. The lowest BCUT2D eigenvalue weighted by Gasteiger charge is -2.19. The van der Waals surface area contributed by atoms with Gasteiger partial charge in [0.1, 0.15) is 18.3 Å². The van der Waals surface area contributed by atoms with Gasteiger partial charge in [0.15, 0.2) is 5.84 Å². The monoisotopic (exact) mass is 340 g/mol. The molecule has 0 saturated heterocycles. The van der Waals surface area contributed by atoms with Crippen LogP contribution in [-0.2, 0) is 0 Å². The molecule has 1 unspecified atom stereocenters. The Kier molecular flexibility index (Phi) is 5.04. The number of nitrogens with zero attached hydrogens (tertiary/aromatic N) is 1. The topological polar surface area (TPSA) is 67.8 Å². The van der Waals surface area contributed by atoms with E-state index in [1.54, 1.807) is 18.2 Å². The van der Waals surface area contributed by atoms with E-state index in [2.05, 4.69) is 21.1 Å². The second-order valence-electron chi connectivity index (χ2n) is 3.86. The SMILES string of the molecule is Cc1ccc(OCC(/C(N)=N/O)C(F)(F)F)c(Br)c1. The van der Waals surface area contributed by atoms with Gasteiger partial charge >= 0.3 is 6.18 Å². The summed E-state index contributed by atoms with van der Waals surface area (Å²) < 4.78 is 43.6. The number of nitrogens with two attached hydrogens (primary N) is 1. The van der Waals surface area contributed by atoms with Crippen molar-refractivity contribution in [2.75, 3.05) is 6.61 Å². The Balaban J connectivity index is 2.82. The fourth-order valence-corrected chi connectivity index (χ4v) is 1.92. The molecule has 3 N–H and O–H groups in total. The minimum atomic E-state index is -4.65. The molecule has 4 nitrogen and oxygen atoms in total. The fourth-order valence-electron chi connectivity index (χ4n) is 1.31. The van der Waals surface area contributed by atoms with Gasteiger partial charge in [-0.15, -0.1) is 0 Å². The van der Waals surface area contributed by atoms with E-state index in [4.69, 9.17) is 15.7 Å². The second-order valence-corrected chi connectivity index (χ2v) is 4.72. The molecule has 1 aromatic rings. The summed E-state index contributed by atoms with van der Waals surface area (Å²) in [5, 5.41) is 10.7. The number of halogens is 4. The Labute approximate surface area is 116 Å². The highest BCUT2D eigenvalue weighted by atomic mass is 79.9. The van der Waals surface area contributed by atoms with Gasteiger partial charge in [-0.1, -0.05) is 11.2 Å². The van der Waals surface area contributed by atoms with Crippen molar-refractivity contribution in [3.05, 3.63) is 28.2 Å². The average molecular weight is 341 g/mol. The Morgan fingerprint density at radius 2 is 2.16 bits per heavy atom. The summed E-state index contributed by atoms with van der Waals surface area (Å²) in [6, 6.07) is 4.95. The van der Waals surface area contributed by atoms with Gasteiger partial charge in [-0.2, -0.15) is 13.2 Å². The summed E-state index contributed by atoms with van der Waals surface area (Å²) in [5.74, 6) is -2.84. The van der Waals surface area contributed by atoms with E-state index in [1.165, 1.54) is 0 Å². The Bertz CT molecular complexity index is 477. The quantitative estimate of drug-likeness (QED) is 0.383. The molecule has 0 amide bonds. The number of amidine groups is 1. The standard InChI is InChI=1S/C11H12BrF3N2O2/c1-6-2-3-9(8(12)4-6)19-5-7(10(16)17-18)11(13,14)15/h2-4,7,18H,5H2,1H3,(H2,16,17). The molecule has 8 heteroatoms. The predicted octanol–water partition coefficient (Wildman–Crippen LogP) is 3.06. The molecular formula is C11H12BrF3N2O2. The van der Waals surface area contributed by atoms with Crippen molar-refractivity contribution in [2.24, 2.45) is 16.8 Å². The van der Waals surface area contributed by atoms with Crippen LogP contribution in [0.4, 0.5) is 13.2 Å². The minimum absolute atomic E-state index is 0.255. The normalized spacial score (nSPS) is 14.3. The van der Waals surface area contributed by atoms with E-state index >= 15 is 0 Å². The summed E-state index contributed by atoms with van der Waals surface area (Å²) in [4.78, 5) is 0. The molecule has 0 aliphatic heterocycles. The summed E-state index contributed by atoms with van der Waals surface area (Å²) in [6.45, 7) is 1.07. The van der Waals surface area contributed by atoms with Gasteiger partial charge in [-0.25, -0.2) is 0 Å². The van der Waals surface area contributed by atoms with E-state index < -0.39 is 24.5 Å². The maximum absolute atomic E-state index is 12.7. The highest BCUT2D eigenvalue weighted by Gasteiger charge is 2.43. The molecule has 0 aromatic heterocycles. The number of aryl methyl sites for hydroxylation is 1. The number of rotatable bonds is 4. The highest BCUT2D eigenvalue weighted by Crippen LogP contribution is 2.30. The fraction of sp³-hybridized carbons (Fsp3) is 0.364. The van der Waals surface area contributed by atoms with Gasteiger partial charge in [-0.3, -0.25) is 0 Å². The third-order valence-electron chi connectivity index (χ3n) is 2.36. The second kappa shape index (κ2) is 6.14. The molecule has 0 aliphatic carbocycles. The first-order valence-corrected chi connectivity index (χ1v) is 5.98. The molecule has 0 heterocycles. The maximum Gasteiger partial charge on any atom is 0.402 e. The molecule has 0 radical (unpaired) electrons. The number of alkyl halides is 3. The van der Waals surface area contributed by atoms with E-state index in [-0.39, 0.29) is 5.75 Å². The van der Waals surface area contributed by atoms with Crippen molar-refractivity contribution in [1.82, 2.24) is 0 Å². The molecule has 0 fully saturated rings. The minimum Gasteiger partial charge on any atom is -0.491 e. The van der Waals surface area contributed by atoms with Crippen LogP contribution in [0.3, 0.4) is 0 Å². The maximum atomic E-state index is 12.7.